The van der Waals surface area contributed by atoms with Crippen molar-refractivity contribution in [1.29, 1.82) is 0 Å². The van der Waals surface area contributed by atoms with Crippen LogP contribution >= 0.6 is 11.3 Å². The number of thiazole rings is 1. The lowest BCUT2D eigenvalue weighted by atomic mass is 9.92. The van der Waals surface area contributed by atoms with E-state index in [9.17, 15) is 9.90 Å². The molecular formula is C24H33N9O2S. The summed E-state index contributed by atoms with van der Waals surface area (Å²) in [5.41, 5.74) is 7.98. The maximum absolute atomic E-state index is 12.8. The zero-order valence-corrected chi connectivity index (χ0v) is 21.8. The number of carbonyl (C=O) groups is 1. The molecule has 5 N–H and O–H groups in total. The topological polar surface area (TPSA) is 155 Å². The van der Waals surface area contributed by atoms with Crippen LogP contribution in [0.3, 0.4) is 0 Å². The number of aromatic nitrogens is 5. The minimum absolute atomic E-state index is 0.162. The van der Waals surface area contributed by atoms with E-state index in [1.54, 1.807) is 6.07 Å². The van der Waals surface area contributed by atoms with Crippen molar-refractivity contribution in [3.05, 3.63) is 51.8 Å². The van der Waals surface area contributed by atoms with Gasteiger partial charge in [0.2, 0.25) is 0 Å². The second-order valence-corrected chi connectivity index (χ2v) is 11.0. The number of hydrogen-bond acceptors (Lipinski definition) is 11. The first-order valence-corrected chi connectivity index (χ1v) is 12.8. The first kappa shape index (κ1) is 26.0. The number of likely N-dealkylation sites (tertiary alicyclic amines) is 1. The number of anilines is 2. The van der Waals surface area contributed by atoms with Gasteiger partial charge in [-0.3, -0.25) is 15.0 Å². The van der Waals surface area contributed by atoms with Crippen molar-refractivity contribution in [3.8, 4) is 0 Å². The molecule has 0 saturated carbocycles. The molecule has 3 aromatic heterocycles. The summed E-state index contributed by atoms with van der Waals surface area (Å²) in [4.78, 5) is 36.8. The SMILES string of the molecule is CC(NC(O)c1ncnc(N)c1CN1CCCC1)c1ncc(C(=O)Nc2cc(C(C)(C)C)ncn2)s1. The average molecular weight is 512 g/mol. The van der Waals surface area contributed by atoms with Crippen molar-refractivity contribution in [2.45, 2.75) is 64.8 Å². The van der Waals surface area contributed by atoms with Crippen LogP contribution in [-0.4, -0.2) is 53.9 Å². The number of nitrogens with two attached hydrogens (primary N) is 1. The minimum Gasteiger partial charge on any atom is -0.383 e. The zero-order valence-electron chi connectivity index (χ0n) is 21.0. The van der Waals surface area contributed by atoms with Crippen molar-refractivity contribution in [2.24, 2.45) is 0 Å². The minimum atomic E-state index is -1.07. The lowest BCUT2D eigenvalue weighted by Gasteiger charge is -2.22. The Labute approximate surface area is 214 Å². The molecule has 0 aromatic carbocycles. The Morgan fingerprint density at radius 3 is 2.61 bits per heavy atom. The van der Waals surface area contributed by atoms with E-state index in [-0.39, 0.29) is 17.4 Å². The van der Waals surface area contributed by atoms with Crippen LogP contribution in [0.4, 0.5) is 11.6 Å². The molecule has 0 aliphatic carbocycles. The molecular weight excluding hydrogens is 478 g/mol. The van der Waals surface area contributed by atoms with Crippen LogP contribution in [-0.2, 0) is 12.0 Å². The molecule has 3 aromatic rings. The Balaban J connectivity index is 1.42. The van der Waals surface area contributed by atoms with E-state index in [1.807, 2.05) is 27.7 Å². The lowest BCUT2D eigenvalue weighted by molar-refractivity contribution is 0.102. The standard InChI is InChI=1S/C24H33N9O2S/c1-14(31-22(35)19-15(20(25)30-13-29-19)11-33-7-5-6-8-33)23-26-10-16(36-23)21(34)32-18-9-17(24(2,3)4)27-12-28-18/h9-10,12-14,22,31,35H,5-8,11H2,1-4H3,(H2,25,29,30)(H,27,28,32,34). The fourth-order valence-electron chi connectivity index (χ4n) is 4.00. The number of carbonyl (C=O) groups excluding carboxylic acids is 1. The van der Waals surface area contributed by atoms with E-state index in [0.29, 0.717) is 33.8 Å². The highest BCUT2D eigenvalue weighted by atomic mass is 32.1. The summed E-state index contributed by atoms with van der Waals surface area (Å²) in [5, 5.41) is 17.5. The van der Waals surface area contributed by atoms with Gasteiger partial charge in [0.15, 0.2) is 0 Å². The predicted molar refractivity (Wildman–Crippen MR) is 138 cm³/mol. The highest BCUT2D eigenvalue weighted by Gasteiger charge is 2.24. The molecule has 2 atom stereocenters. The van der Waals surface area contributed by atoms with Crippen LogP contribution in [0.1, 0.15) is 84.4 Å². The van der Waals surface area contributed by atoms with Gasteiger partial charge in [0.1, 0.15) is 40.4 Å². The molecule has 1 saturated heterocycles. The van der Waals surface area contributed by atoms with E-state index in [1.165, 1.54) is 30.2 Å². The summed E-state index contributed by atoms with van der Waals surface area (Å²) in [6.07, 6.45) is 5.55. The molecule has 36 heavy (non-hydrogen) atoms. The molecule has 4 rings (SSSR count). The van der Waals surface area contributed by atoms with Crippen LogP contribution in [0.25, 0.3) is 0 Å². The molecule has 0 radical (unpaired) electrons. The average Bonchev–Trinajstić information content (AvgIpc) is 3.52. The number of rotatable bonds is 8. The maximum atomic E-state index is 12.8. The Hall–Kier alpha value is -3.06. The smallest absolute Gasteiger partial charge is 0.268 e. The summed E-state index contributed by atoms with van der Waals surface area (Å²) in [6.45, 7) is 10.6. The highest BCUT2D eigenvalue weighted by molar-refractivity contribution is 7.13. The summed E-state index contributed by atoms with van der Waals surface area (Å²) < 4.78 is 0. The van der Waals surface area contributed by atoms with Gasteiger partial charge in [-0.15, -0.1) is 11.3 Å². The van der Waals surface area contributed by atoms with Gasteiger partial charge >= 0.3 is 0 Å². The van der Waals surface area contributed by atoms with Gasteiger partial charge in [0.25, 0.3) is 5.91 Å². The van der Waals surface area contributed by atoms with E-state index in [0.717, 1.165) is 37.2 Å². The molecule has 1 amide bonds. The molecule has 0 spiro atoms. The monoisotopic (exact) mass is 511 g/mol. The number of aliphatic hydroxyl groups is 1. The Bertz CT molecular complexity index is 1200. The van der Waals surface area contributed by atoms with Crippen LogP contribution < -0.4 is 16.4 Å². The quantitative estimate of drug-likeness (QED) is 0.332. The molecule has 12 heteroatoms. The molecule has 2 unspecified atom stereocenters. The van der Waals surface area contributed by atoms with Crippen LogP contribution in [0.5, 0.6) is 0 Å². The third kappa shape index (κ3) is 6.19. The van der Waals surface area contributed by atoms with Crippen molar-refractivity contribution < 1.29 is 9.90 Å². The zero-order chi connectivity index (χ0) is 25.9. The Kier molecular flexibility index (Phi) is 7.88. The first-order valence-electron chi connectivity index (χ1n) is 12.0. The van der Waals surface area contributed by atoms with Crippen molar-refractivity contribution in [2.75, 3.05) is 24.1 Å². The second-order valence-electron chi connectivity index (χ2n) is 9.95. The van der Waals surface area contributed by atoms with Crippen LogP contribution in [0.15, 0.2) is 24.9 Å². The largest absolute Gasteiger partial charge is 0.383 e. The summed E-state index contributed by atoms with van der Waals surface area (Å²) in [6, 6.07) is 1.43. The normalized spacial score (nSPS) is 16.1. The number of aliphatic hydroxyl groups excluding tert-OH is 1. The number of amides is 1. The van der Waals surface area contributed by atoms with Gasteiger partial charge in [-0.25, -0.2) is 24.9 Å². The number of nitrogen functional groups attached to an aromatic ring is 1. The van der Waals surface area contributed by atoms with Crippen molar-refractivity contribution in [3.63, 3.8) is 0 Å². The Morgan fingerprint density at radius 1 is 1.17 bits per heavy atom. The third-order valence-electron chi connectivity index (χ3n) is 6.05. The Morgan fingerprint density at radius 2 is 1.89 bits per heavy atom. The molecule has 1 aliphatic heterocycles. The summed E-state index contributed by atoms with van der Waals surface area (Å²) in [7, 11) is 0. The first-order chi connectivity index (χ1) is 17.1. The maximum Gasteiger partial charge on any atom is 0.268 e. The molecule has 1 aliphatic rings. The van der Waals surface area contributed by atoms with Crippen LogP contribution in [0, 0.1) is 0 Å². The van der Waals surface area contributed by atoms with Gasteiger partial charge in [0, 0.05) is 23.6 Å². The van der Waals surface area contributed by atoms with Crippen molar-refractivity contribution >= 4 is 28.9 Å². The predicted octanol–water partition coefficient (Wildman–Crippen LogP) is 2.79. The highest BCUT2D eigenvalue weighted by Crippen LogP contribution is 2.27. The van der Waals surface area contributed by atoms with Crippen LogP contribution in [0.2, 0.25) is 0 Å². The van der Waals surface area contributed by atoms with E-state index in [4.69, 9.17) is 5.73 Å². The van der Waals surface area contributed by atoms with Gasteiger partial charge < -0.3 is 16.2 Å². The molecule has 4 heterocycles. The second kappa shape index (κ2) is 10.9. The van der Waals surface area contributed by atoms with E-state index >= 15 is 0 Å². The third-order valence-corrected chi connectivity index (χ3v) is 7.23. The van der Waals surface area contributed by atoms with Gasteiger partial charge in [-0.2, -0.15) is 0 Å². The molecule has 11 nitrogen and oxygen atoms in total. The van der Waals surface area contributed by atoms with Crippen molar-refractivity contribution in [1.82, 2.24) is 35.1 Å². The number of nitrogens with one attached hydrogen (secondary N) is 2. The molecule has 0 bridgehead atoms. The number of hydrogen-bond donors (Lipinski definition) is 4. The van der Waals surface area contributed by atoms with Gasteiger partial charge in [-0.05, 0) is 32.9 Å². The molecule has 1 fully saturated rings. The summed E-state index contributed by atoms with van der Waals surface area (Å²) in [5.74, 6) is 0.498. The molecule has 192 valence electrons. The lowest BCUT2D eigenvalue weighted by Crippen LogP contribution is -2.28. The number of nitrogens with zero attached hydrogens (tertiary/aromatic N) is 6. The van der Waals surface area contributed by atoms with Gasteiger partial charge in [-0.1, -0.05) is 20.8 Å². The van der Waals surface area contributed by atoms with E-state index in [2.05, 4.69) is 40.5 Å². The summed E-state index contributed by atoms with van der Waals surface area (Å²) >= 11 is 1.24. The fourth-order valence-corrected chi connectivity index (χ4v) is 4.82. The fraction of sp³-hybridized carbons (Fsp3) is 0.500. The van der Waals surface area contributed by atoms with Gasteiger partial charge in [0.05, 0.1) is 23.6 Å². The van der Waals surface area contributed by atoms with E-state index < -0.39 is 6.23 Å².